The molecule has 0 spiro atoms. The summed E-state index contributed by atoms with van der Waals surface area (Å²) >= 11 is 1.34. The lowest BCUT2D eigenvalue weighted by Crippen LogP contribution is -2.35. The van der Waals surface area contributed by atoms with Crippen LogP contribution in [0.15, 0.2) is 70.6 Å². The Morgan fingerprint density at radius 2 is 1.70 bits per heavy atom. The lowest BCUT2D eigenvalue weighted by Gasteiger charge is -2.30. The van der Waals surface area contributed by atoms with Gasteiger partial charge in [0.15, 0.2) is 4.80 Å². The van der Waals surface area contributed by atoms with Crippen molar-refractivity contribution >= 4 is 43.2 Å². The summed E-state index contributed by atoms with van der Waals surface area (Å²) in [6.45, 7) is 2.96. The van der Waals surface area contributed by atoms with Crippen LogP contribution in [0.5, 0.6) is 11.5 Å². The zero-order chi connectivity index (χ0) is 26.2. The number of hydrogen-bond acceptors (Lipinski definition) is 6. The Morgan fingerprint density at radius 1 is 1.00 bits per heavy atom. The Morgan fingerprint density at radius 3 is 2.41 bits per heavy atom. The molecule has 3 aromatic carbocycles. The molecule has 0 fully saturated rings. The molecule has 1 amide bonds. The molecule has 0 unspecified atom stereocenters. The second-order valence-electron chi connectivity index (χ2n) is 8.53. The fraction of sp³-hybridized carbons (Fsp3) is 0.259. The Hall–Kier alpha value is -3.63. The first-order valence-corrected chi connectivity index (χ1v) is 14.2. The van der Waals surface area contributed by atoms with Crippen molar-refractivity contribution in [3.63, 3.8) is 0 Å². The molecule has 10 heteroatoms. The van der Waals surface area contributed by atoms with Crippen LogP contribution in [0.3, 0.4) is 0 Å². The van der Waals surface area contributed by atoms with Gasteiger partial charge in [0.1, 0.15) is 21.7 Å². The van der Waals surface area contributed by atoms with Gasteiger partial charge in [0.05, 0.1) is 24.8 Å². The molecular weight excluding hydrogens is 510 g/mol. The minimum Gasteiger partial charge on any atom is -0.495 e. The second kappa shape index (κ2) is 10.0. The van der Waals surface area contributed by atoms with E-state index >= 15 is 0 Å². The summed E-state index contributed by atoms with van der Waals surface area (Å²) in [6.07, 6.45) is 1.61. The molecule has 192 valence electrons. The van der Waals surface area contributed by atoms with Crippen molar-refractivity contribution in [3.8, 4) is 11.5 Å². The number of methoxy groups -OCH3 is 2. The van der Waals surface area contributed by atoms with Crippen LogP contribution in [0.1, 0.15) is 29.3 Å². The van der Waals surface area contributed by atoms with Crippen molar-refractivity contribution in [1.29, 1.82) is 0 Å². The Balaban J connectivity index is 1.49. The largest absolute Gasteiger partial charge is 0.495 e. The number of rotatable bonds is 6. The van der Waals surface area contributed by atoms with Gasteiger partial charge in [0.2, 0.25) is 0 Å². The lowest BCUT2D eigenvalue weighted by atomic mass is 10.0. The van der Waals surface area contributed by atoms with Crippen molar-refractivity contribution in [1.82, 2.24) is 4.57 Å². The number of aromatic nitrogens is 1. The van der Waals surface area contributed by atoms with Crippen LogP contribution in [-0.4, -0.2) is 39.7 Å². The van der Waals surface area contributed by atoms with Crippen molar-refractivity contribution in [3.05, 3.63) is 76.6 Å². The Bertz CT molecular complexity index is 1650. The topological polar surface area (TPSA) is 90.2 Å². The van der Waals surface area contributed by atoms with Crippen molar-refractivity contribution in [2.45, 2.75) is 31.2 Å². The van der Waals surface area contributed by atoms with E-state index in [0.29, 0.717) is 40.6 Å². The summed E-state index contributed by atoms with van der Waals surface area (Å²) in [4.78, 5) is 18.1. The number of ether oxygens (including phenoxy) is 2. The molecule has 0 radical (unpaired) electrons. The van der Waals surface area contributed by atoms with Gasteiger partial charge in [-0.25, -0.2) is 8.42 Å². The number of aryl methyl sites for hydroxylation is 2. The zero-order valence-corrected chi connectivity index (χ0v) is 22.4. The molecule has 2 heterocycles. The maximum Gasteiger partial charge on any atom is 0.279 e. The number of nitrogens with zero attached hydrogens (tertiary/aromatic N) is 3. The van der Waals surface area contributed by atoms with Crippen molar-refractivity contribution < 1.29 is 22.7 Å². The molecule has 1 aromatic heterocycles. The van der Waals surface area contributed by atoms with Crippen LogP contribution in [0.25, 0.3) is 10.2 Å². The number of carbonyl (C=O) groups excluding carboxylic acids is 1. The first-order valence-electron chi connectivity index (χ1n) is 11.9. The van der Waals surface area contributed by atoms with Gasteiger partial charge in [-0.05, 0) is 67.8 Å². The van der Waals surface area contributed by atoms with E-state index < -0.39 is 15.9 Å². The van der Waals surface area contributed by atoms with Gasteiger partial charge in [-0.1, -0.05) is 29.5 Å². The van der Waals surface area contributed by atoms with Crippen LogP contribution in [-0.2, 0) is 23.0 Å². The molecule has 4 aromatic rings. The normalized spacial score (nSPS) is 14.0. The lowest BCUT2D eigenvalue weighted by molar-refractivity contribution is 0.0997. The SMILES string of the molecule is CCn1c(=NC(=O)c2ccc(S(=O)(=O)N3CCCc4ccccc43)cc2)sc2c(OC)ccc(OC)c21. The minimum absolute atomic E-state index is 0.140. The van der Waals surface area contributed by atoms with Crippen molar-refractivity contribution in [2.75, 3.05) is 25.1 Å². The second-order valence-corrected chi connectivity index (χ2v) is 11.4. The number of thiazole rings is 1. The predicted molar refractivity (Wildman–Crippen MR) is 144 cm³/mol. The fourth-order valence-corrected chi connectivity index (χ4v) is 7.37. The molecule has 37 heavy (non-hydrogen) atoms. The fourth-order valence-electron chi connectivity index (χ4n) is 4.63. The van der Waals surface area contributed by atoms with Crippen LogP contribution in [0, 0.1) is 0 Å². The molecule has 0 N–H and O–H groups in total. The van der Waals surface area contributed by atoms with Gasteiger partial charge >= 0.3 is 0 Å². The first-order chi connectivity index (χ1) is 17.9. The van der Waals surface area contributed by atoms with Gasteiger partial charge < -0.3 is 14.0 Å². The molecule has 0 saturated carbocycles. The third kappa shape index (κ3) is 4.40. The molecule has 0 bridgehead atoms. The number of sulfonamides is 1. The molecular formula is C27H27N3O5S2. The molecule has 1 aliphatic rings. The van der Waals surface area contributed by atoms with Gasteiger partial charge in [-0.2, -0.15) is 4.99 Å². The summed E-state index contributed by atoms with van der Waals surface area (Å²) in [5.41, 5.74) is 2.84. The monoisotopic (exact) mass is 537 g/mol. The number of hydrogen-bond donors (Lipinski definition) is 0. The zero-order valence-electron chi connectivity index (χ0n) is 20.8. The third-order valence-corrected chi connectivity index (χ3v) is 9.38. The maximum absolute atomic E-state index is 13.4. The number of para-hydroxylation sites is 1. The summed E-state index contributed by atoms with van der Waals surface area (Å²) in [5, 5.41) is 0. The third-order valence-electron chi connectivity index (χ3n) is 6.46. The highest BCUT2D eigenvalue weighted by Crippen LogP contribution is 2.35. The maximum atomic E-state index is 13.4. The van der Waals surface area contributed by atoms with E-state index in [4.69, 9.17) is 9.47 Å². The van der Waals surface area contributed by atoms with Crippen LogP contribution in [0.4, 0.5) is 5.69 Å². The van der Waals surface area contributed by atoms with Crippen LogP contribution in [0.2, 0.25) is 0 Å². The number of carbonyl (C=O) groups is 1. The smallest absolute Gasteiger partial charge is 0.279 e. The molecule has 0 atom stereocenters. The highest BCUT2D eigenvalue weighted by atomic mass is 32.2. The van der Waals surface area contributed by atoms with Crippen LogP contribution < -0.4 is 18.6 Å². The summed E-state index contributed by atoms with van der Waals surface area (Å²) in [6, 6.07) is 17.2. The summed E-state index contributed by atoms with van der Waals surface area (Å²) < 4.78 is 42.1. The Labute approximate surface area is 219 Å². The standard InChI is InChI=1S/C27H27N3O5S2/c1-4-29-24-22(34-2)15-16-23(35-3)25(24)36-27(29)28-26(31)19-11-13-20(14-12-19)37(32,33)30-17-7-9-18-8-5-6-10-21(18)30/h5-6,8,10-16H,4,7,9,17H2,1-3H3. The predicted octanol–water partition coefficient (Wildman–Crippen LogP) is 4.62. The summed E-state index contributed by atoms with van der Waals surface area (Å²) in [5.74, 6) is 0.876. The van der Waals surface area contributed by atoms with Gasteiger partial charge in [0, 0.05) is 18.7 Å². The van der Waals surface area contributed by atoms with E-state index in [-0.39, 0.29) is 4.90 Å². The quantitative estimate of drug-likeness (QED) is 0.358. The van der Waals surface area contributed by atoms with E-state index in [1.54, 1.807) is 14.2 Å². The van der Waals surface area contributed by atoms with Gasteiger partial charge in [-0.15, -0.1) is 0 Å². The average molecular weight is 538 g/mol. The van der Waals surface area contributed by atoms with E-state index in [1.807, 2.05) is 47.9 Å². The first kappa shape index (κ1) is 25.0. The number of benzene rings is 3. The number of fused-ring (bicyclic) bond motifs is 2. The highest BCUT2D eigenvalue weighted by molar-refractivity contribution is 7.92. The summed E-state index contributed by atoms with van der Waals surface area (Å²) in [7, 11) is -0.568. The molecule has 5 rings (SSSR count). The van der Waals surface area contributed by atoms with E-state index in [9.17, 15) is 13.2 Å². The van der Waals surface area contributed by atoms with E-state index in [0.717, 1.165) is 28.6 Å². The molecule has 1 aliphatic heterocycles. The number of anilines is 1. The van der Waals surface area contributed by atoms with Crippen molar-refractivity contribution in [2.24, 2.45) is 4.99 Å². The molecule has 8 nitrogen and oxygen atoms in total. The molecule has 0 saturated heterocycles. The number of amides is 1. The van der Waals surface area contributed by atoms with Crippen LogP contribution >= 0.6 is 11.3 Å². The highest BCUT2D eigenvalue weighted by Gasteiger charge is 2.29. The van der Waals surface area contributed by atoms with E-state index in [2.05, 4.69) is 4.99 Å². The Kier molecular flexibility index (Phi) is 6.78. The van der Waals surface area contributed by atoms with Gasteiger partial charge in [0.25, 0.3) is 15.9 Å². The average Bonchev–Trinajstić information content (AvgIpc) is 3.30. The van der Waals surface area contributed by atoms with Gasteiger partial charge in [-0.3, -0.25) is 9.10 Å². The van der Waals surface area contributed by atoms with E-state index in [1.165, 1.54) is 39.9 Å². The molecule has 0 aliphatic carbocycles. The minimum atomic E-state index is -3.76.